The fraction of sp³-hybridized carbons (Fsp3) is 0.462. The van der Waals surface area contributed by atoms with Gasteiger partial charge in [0.1, 0.15) is 35.9 Å². The van der Waals surface area contributed by atoms with Crippen molar-refractivity contribution >= 4 is 42.7 Å². The Labute approximate surface area is 259 Å². The molecule has 2 fully saturated rings. The molecule has 2 saturated heterocycles. The number of phosphoric acid groups is 1. The SMILES string of the molecule is COC(=O)COc1cc2c(cc1OCC(=O)OC)C(COP1(=O)OCC3OC(n4cnc5c(N)ncnc54)C(O)C3O1)CC(=O)O2. The van der Waals surface area contributed by atoms with Gasteiger partial charge in [0, 0.05) is 17.5 Å². The number of nitrogen functional groups attached to an aromatic ring is 1. The van der Waals surface area contributed by atoms with Gasteiger partial charge in [-0.05, 0) is 6.07 Å². The number of hydrogen-bond donors (Lipinski definition) is 2. The van der Waals surface area contributed by atoms with Crippen LogP contribution in [0.4, 0.5) is 5.82 Å². The van der Waals surface area contributed by atoms with Crippen LogP contribution >= 0.6 is 7.82 Å². The Morgan fingerprint density at radius 2 is 1.83 bits per heavy atom. The van der Waals surface area contributed by atoms with Gasteiger partial charge in [-0.2, -0.15) is 0 Å². The molecule has 0 aliphatic carbocycles. The number of imidazole rings is 1. The Morgan fingerprint density at radius 3 is 2.54 bits per heavy atom. The highest BCUT2D eigenvalue weighted by atomic mass is 31.2. The molecule has 19 nitrogen and oxygen atoms in total. The van der Waals surface area contributed by atoms with Gasteiger partial charge in [-0.3, -0.25) is 22.9 Å². The van der Waals surface area contributed by atoms with Crippen molar-refractivity contribution in [3.8, 4) is 17.2 Å². The first-order valence-corrected chi connectivity index (χ1v) is 15.2. The zero-order chi connectivity index (χ0) is 32.6. The van der Waals surface area contributed by atoms with Gasteiger partial charge in [0.15, 0.2) is 42.4 Å². The molecule has 46 heavy (non-hydrogen) atoms. The molecule has 3 aliphatic rings. The molecule has 20 heteroatoms. The number of anilines is 1. The number of rotatable bonds is 10. The number of carbonyl (C=O) groups is 3. The number of fused-ring (bicyclic) bond motifs is 3. The number of benzene rings is 1. The quantitative estimate of drug-likeness (QED) is 0.169. The van der Waals surface area contributed by atoms with E-state index in [1.54, 1.807) is 0 Å². The average Bonchev–Trinajstić information content (AvgIpc) is 3.62. The molecule has 2 aromatic heterocycles. The number of esters is 3. The zero-order valence-electron chi connectivity index (χ0n) is 24.3. The summed E-state index contributed by atoms with van der Waals surface area (Å²) in [5.74, 6) is -2.57. The maximum atomic E-state index is 13.6. The maximum Gasteiger partial charge on any atom is 0.475 e. The molecule has 6 atom stereocenters. The first kappa shape index (κ1) is 31.6. The molecule has 0 radical (unpaired) electrons. The van der Waals surface area contributed by atoms with Gasteiger partial charge in [0.2, 0.25) is 0 Å². The number of nitrogens with two attached hydrogens (primary N) is 1. The number of phosphoric ester groups is 1. The Balaban J connectivity index is 1.18. The van der Waals surface area contributed by atoms with E-state index in [2.05, 4.69) is 24.4 Å². The maximum absolute atomic E-state index is 13.6. The number of nitrogens with zero attached hydrogens (tertiary/aromatic N) is 4. The van der Waals surface area contributed by atoms with Crippen molar-refractivity contribution in [1.82, 2.24) is 19.5 Å². The second-order valence-electron chi connectivity index (χ2n) is 10.2. The van der Waals surface area contributed by atoms with Crippen LogP contribution in [0, 0.1) is 0 Å². The molecule has 1 aromatic carbocycles. The van der Waals surface area contributed by atoms with Crippen molar-refractivity contribution in [3.63, 3.8) is 0 Å². The molecular weight excluding hydrogens is 637 g/mol. The van der Waals surface area contributed by atoms with Gasteiger partial charge in [-0.1, -0.05) is 0 Å². The molecule has 5 heterocycles. The van der Waals surface area contributed by atoms with E-state index in [4.69, 9.17) is 38.3 Å². The highest BCUT2D eigenvalue weighted by Crippen LogP contribution is 2.57. The van der Waals surface area contributed by atoms with Crippen LogP contribution in [-0.2, 0) is 46.7 Å². The van der Waals surface area contributed by atoms with Crippen molar-refractivity contribution in [3.05, 3.63) is 30.4 Å². The zero-order valence-corrected chi connectivity index (χ0v) is 25.2. The Bertz CT molecular complexity index is 1720. The lowest BCUT2D eigenvalue weighted by atomic mass is 9.93. The third-order valence-electron chi connectivity index (χ3n) is 7.35. The van der Waals surface area contributed by atoms with Gasteiger partial charge < -0.3 is 39.3 Å². The number of carbonyl (C=O) groups excluding carboxylic acids is 3. The largest absolute Gasteiger partial charge is 0.478 e. The lowest BCUT2D eigenvalue weighted by molar-refractivity contribution is -0.144. The van der Waals surface area contributed by atoms with E-state index in [1.165, 1.54) is 43.6 Å². The lowest BCUT2D eigenvalue weighted by Crippen LogP contribution is -2.39. The minimum absolute atomic E-state index is 0.0203. The van der Waals surface area contributed by atoms with E-state index >= 15 is 0 Å². The summed E-state index contributed by atoms with van der Waals surface area (Å²) in [6.07, 6.45) is -1.85. The van der Waals surface area contributed by atoms with Gasteiger partial charge in [0.05, 0.1) is 40.2 Å². The van der Waals surface area contributed by atoms with Crippen LogP contribution < -0.4 is 19.9 Å². The fourth-order valence-electron chi connectivity index (χ4n) is 5.07. The fourth-order valence-corrected chi connectivity index (χ4v) is 6.52. The summed E-state index contributed by atoms with van der Waals surface area (Å²) < 4.78 is 63.3. The Hall–Kier alpha value is -4.39. The molecule has 0 amide bonds. The van der Waals surface area contributed by atoms with Crippen molar-refractivity contribution < 1.29 is 66.0 Å². The summed E-state index contributed by atoms with van der Waals surface area (Å²) in [4.78, 5) is 48.1. The van der Waals surface area contributed by atoms with Crippen molar-refractivity contribution in [1.29, 1.82) is 0 Å². The number of hydrogen-bond acceptors (Lipinski definition) is 18. The topological polar surface area (TPSA) is 241 Å². The second-order valence-corrected chi connectivity index (χ2v) is 11.8. The molecule has 0 bridgehead atoms. The smallest absolute Gasteiger partial charge is 0.475 e. The minimum atomic E-state index is -4.29. The van der Waals surface area contributed by atoms with E-state index in [1.807, 2.05) is 0 Å². The van der Waals surface area contributed by atoms with Gasteiger partial charge >= 0.3 is 25.7 Å². The van der Waals surface area contributed by atoms with E-state index in [9.17, 15) is 24.1 Å². The summed E-state index contributed by atoms with van der Waals surface area (Å²) in [5.41, 5.74) is 6.86. The Morgan fingerprint density at radius 1 is 1.11 bits per heavy atom. The number of aliphatic hydroxyl groups is 1. The second kappa shape index (κ2) is 12.8. The monoisotopic (exact) mass is 665 g/mol. The molecule has 6 rings (SSSR count). The third kappa shape index (κ3) is 6.20. The first-order chi connectivity index (χ1) is 22.1. The first-order valence-electron chi connectivity index (χ1n) is 13.7. The predicted octanol–water partition coefficient (Wildman–Crippen LogP) is 0.403. The number of methoxy groups -OCH3 is 2. The van der Waals surface area contributed by atoms with Crippen LogP contribution in [0.3, 0.4) is 0 Å². The van der Waals surface area contributed by atoms with Crippen LogP contribution in [0.5, 0.6) is 17.2 Å². The van der Waals surface area contributed by atoms with Crippen molar-refractivity contribution in [2.45, 2.75) is 36.9 Å². The summed E-state index contributed by atoms with van der Waals surface area (Å²) in [5, 5.41) is 11.1. The standard InChI is InChI=1S/C26H28N5O14P/c1-37-19(33)8-39-15-4-13-12(3-18(32)43-14(13)5-16(15)40-9-20(34)38-2)6-41-46(36)42-7-17-23(45-46)22(35)26(44-17)31-11-30-21-24(27)28-10-29-25(21)31/h4-5,10-12,17,22-23,26,35H,3,6-9H2,1-2H3,(H2,27,28,29). The van der Waals surface area contributed by atoms with Gasteiger partial charge in [0.25, 0.3) is 0 Å². The summed E-state index contributed by atoms with van der Waals surface area (Å²) in [7, 11) is -1.93. The molecule has 0 spiro atoms. The molecule has 246 valence electrons. The molecule has 6 unspecified atom stereocenters. The molecule has 3 aromatic rings. The van der Waals surface area contributed by atoms with Crippen molar-refractivity contribution in [2.75, 3.05) is 46.4 Å². The van der Waals surface area contributed by atoms with E-state index in [-0.39, 0.29) is 42.7 Å². The summed E-state index contributed by atoms with van der Waals surface area (Å²) in [6.45, 7) is -1.59. The van der Waals surface area contributed by atoms with Gasteiger partial charge in [-0.25, -0.2) is 29.1 Å². The van der Waals surface area contributed by atoms with Crippen LogP contribution in [0.15, 0.2) is 24.8 Å². The van der Waals surface area contributed by atoms with E-state index < -0.39 is 69.4 Å². The third-order valence-corrected chi connectivity index (χ3v) is 8.78. The van der Waals surface area contributed by atoms with Crippen LogP contribution in [0.1, 0.15) is 24.1 Å². The predicted molar refractivity (Wildman–Crippen MR) is 148 cm³/mol. The van der Waals surface area contributed by atoms with Crippen molar-refractivity contribution in [2.24, 2.45) is 0 Å². The molecule has 0 saturated carbocycles. The Kier molecular flexibility index (Phi) is 8.78. The number of aliphatic hydroxyl groups excluding tert-OH is 1. The summed E-state index contributed by atoms with van der Waals surface area (Å²) >= 11 is 0. The van der Waals surface area contributed by atoms with E-state index in [0.717, 1.165) is 0 Å². The number of ether oxygens (including phenoxy) is 6. The molecular formula is C26H28N5O14P. The van der Waals surface area contributed by atoms with Gasteiger partial charge in [-0.15, -0.1) is 0 Å². The number of aromatic nitrogens is 4. The average molecular weight is 666 g/mol. The normalized spacial score (nSPS) is 26.9. The highest BCUT2D eigenvalue weighted by molar-refractivity contribution is 7.48. The minimum Gasteiger partial charge on any atom is -0.478 e. The molecule has 3 aliphatic heterocycles. The van der Waals surface area contributed by atoms with E-state index in [0.29, 0.717) is 16.7 Å². The highest BCUT2D eigenvalue weighted by Gasteiger charge is 2.54. The van der Waals surface area contributed by atoms with Crippen LogP contribution in [0.2, 0.25) is 0 Å². The van der Waals surface area contributed by atoms with Crippen LogP contribution in [0.25, 0.3) is 11.2 Å². The summed E-state index contributed by atoms with van der Waals surface area (Å²) in [6, 6.07) is 2.74. The lowest BCUT2D eigenvalue weighted by Gasteiger charge is -2.32. The molecule has 3 N–H and O–H groups in total. The van der Waals surface area contributed by atoms with Crippen LogP contribution in [-0.4, -0.2) is 101 Å².